The maximum atomic E-state index is 13.7. The lowest BCUT2D eigenvalue weighted by Gasteiger charge is -2.21. The molecule has 6 nitrogen and oxygen atoms in total. The molecule has 1 aliphatic heterocycles. The zero-order valence-electron chi connectivity index (χ0n) is 15.7. The molecule has 3 rings (SSSR count). The average molecular weight is 386 g/mol. The number of rotatable bonds is 7. The van der Waals surface area contributed by atoms with E-state index in [1.54, 1.807) is 31.2 Å². The molecule has 1 unspecified atom stereocenters. The zero-order valence-corrected chi connectivity index (χ0v) is 15.7. The highest BCUT2D eigenvalue weighted by molar-refractivity contribution is 5.94. The highest BCUT2D eigenvalue weighted by Crippen LogP contribution is 2.29. The smallest absolute Gasteiger partial charge is 0.251 e. The Morgan fingerprint density at radius 1 is 1.21 bits per heavy atom. The molecular weight excluding hydrogens is 363 g/mol. The van der Waals surface area contributed by atoms with Gasteiger partial charge < -0.3 is 20.1 Å². The summed E-state index contributed by atoms with van der Waals surface area (Å²) in [7, 11) is 0. The lowest BCUT2D eigenvalue weighted by atomic mass is 10.1. The van der Waals surface area contributed by atoms with Gasteiger partial charge in [0.25, 0.3) is 5.91 Å². The molecule has 7 heteroatoms. The van der Waals surface area contributed by atoms with Gasteiger partial charge in [0.2, 0.25) is 5.91 Å². The molecule has 2 N–H and O–H groups in total. The molecule has 2 aromatic rings. The molecule has 1 heterocycles. The van der Waals surface area contributed by atoms with Crippen LogP contribution in [-0.2, 0) is 22.6 Å². The number of amides is 2. The third-order valence-electron chi connectivity index (χ3n) is 4.37. The molecule has 0 saturated carbocycles. The third kappa shape index (κ3) is 5.29. The first kappa shape index (κ1) is 19.8. The summed E-state index contributed by atoms with van der Waals surface area (Å²) in [6.45, 7) is 2.57. The molecule has 148 valence electrons. The Kier molecular flexibility index (Phi) is 6.60. The number of benzene rings is 2. The van der Waals surface area contributed by atoms with E-state index in [1.807, 2.05) is 6.07 Å². The van der Waals surface area contributed by atoms with Crippen molar-refractivity contribution in [2.24, 2.45) is 0 Å². The van der Waals surface area contributed by atoms with E-state index in [2.05, 4.69) is 10.6 Å². The number of carbonyl (C=O) groups is 2. The fraction of sp³-hybridized carbons (Fsp3) is 0.333. The van der Waals surface area contributed by atoms with Crippen LogP contribution in [-0.4, -0.2) is 31.2 Å². The van der Waals surface area contributed by atoms with Crippen LogP contribution in [0.3, 0.4) is 0 Å². The maximum Gasteiger partial charge on any atom is 0.251 e. The van der Waals surface area contributed by atoms with Crippen LogP contribution >= 0.6 is 0 Å². The summed E-state index contributed by atoms with van der Waals surface area (Å²) in [6, 6.07) is 11.3. The van der Waals surface area contributed by atoms with E-state index in [4.69, 9.17) is 9.47 Å². The first-order chi connectivity index (χ1) is 13.5. The number of hydrogen-bond acceptors (Lipinski definition) is 4. The highest BCUT2D eigenvalue weighted by atomic mass is 19.1. The highest BCUT2D eigenvalue weighted by Gasteiger charge is 2.17. The Labute approximate surface area is 163 Å². The van der Waals surface area contributed by atoms with Gasteiger partial charge in [0.05, 0.1) is 6.61 Å². The van der Waals surface area contributed by atoms with Crippen LogP contribution in [0.15, 0.2) is 42.5 Å². The van der Waals surface area contributed by atoms with Crippen LogP contribution in [0.25, 0.3) is 0 Å². The van der Waals surface area contributed by atoms with E-state index in [-0.39, 0.29) is 36.9 Å². The van der Waals surface area contributed by atoms with E-state index in [1.165, 1.54) is 12.1 Å². The van der Waals surface area contributed by atoms with E-state index in [9.17, 15) is 14.0 Å². The van der Waals surface area contributed by atoms with Gasteiger partial charge in [0, 0.05) is 30.1 Å². The van der Waals surface area contributed by atoms with E-state index >= 15 is 0 Å². The monoisotopic (exact) mass is 386 g/mol. The van der Waals surface area contributed by atoms with Crippen molar-refractivity contribution in [3.05, 3.63) is 65.0 Å². The molecule has 2 amide bonds. The van der Waals surface area contributed by atoms with Gasteiger partial charge in [-0.25, -0.2) is 4.39 Å². The van der Waals surface area contributed by atoms with Crippen LogP contribution in [0.5, 0.6) is 5.75 Å². The van der Waals surface area contributed by atoms with Crippen LogP contribution in [0.4, 0.5) is 4.39 Å². The normalized spacial score (nSPS) is 13.8. The number of hydrogen-bond donors (Lipinski definition) is 2. The third-order valence-corrected chi connectivity index (χ3v) is 4.37. The standard InChI is InChI=1S/C21H23FN2O4/c1-14(24-21(26)15-5-3-2-4-6-15)9-19(25)23-8-7-16-10-18(22)11-17-12-27-13-28-20(16)17/h2-6,10-11,14H,7-9,12-13H2,1H3,(H,23,25)(H,24,26). The number of nitrogens with one attached hydrogen (secondary N) is 2. The minimum Gasteiger partial charge on any atom is -0.467 e. The summed E-state index contributed by atoms with van der Waals surface area (Å²) in [5.74, 6) is -0.126. The van der Waals surface area contributed by atoms with Crippen LogP contribution < -0.4 is 15.4 Å². The second kappa shape index (κ2) is 9.32. The van der Waals surface area contributed by atoms with E-state index in [0.717, 1.165) is 0 Å². The number of halogens is 1. The quantitative estimate of drug-likeness (QED) is 0.767. The predicted molar refractivity (Wildman–Crippen MR) is 101 cm³/mol. The summed E-state index contributed by atoms with van der Waals surface area (Å²) < 4.78 is 24.4. The van der Waals surface area contributed by atoms with Crippen molar-refractivity contribution >= 4 is 11.8 Å². The molecular formula is C21H23FN2O4. The molecule has 2 aromatic carbocycles. The summed E-state index contributed by atoms with van der Waals surface area (Å²) in [4.78, 5) is 24.2. The van der Waals surface area contributed by atoms with E-state index < -0.39 is 0 Å². The lowest BCUT2D eigenvalue weighted by Crippen LogP contribution is -2.37. The van der Waals surface area contributed by atoms with Crippen molar-refractivity contribution in [1.29, 1.82) is 0 Å². The second-order valence-corrected chi connectivity index (χ2v) is 6.71. The number of carbonyl (C=O) groups excluding carboxylic acids is 2. The molecule has 0 bridgehead atoms. The number of ether oxygens (including phenoxy) is 2. The molecule has 0 spiro atoms. The minimum atomic E-state index is -0.355. The summed E-state index contributed by atoms with van der Waals surface area (Å²) in [5, 5.41) is 5.60. The van der Waals surface area contributed by atoms with Gasteiger partial charge in [-0.3, -0.25) is 9.59 Å². The Hall–Kier alpha value is -2.93. The fourth-order valence-electron chi connectivity index (χ4n) is 3.08. The zero-order chi connectivity index (χ0) is 19.9. The van der Waals surface area contributed by atoms with Gasteiger partial charge in [0.15, 0.2) is 6.79 Å². The van der Waals surface area contributed by atoms with Crippen molar-refractivity contribution in [1.82, 2.24) is 10.6 Å². The Bertz CT molecular complexity index is 842. The predicted octanol–water partition coefficient (Wildman–Crippen LogP) is 2.56. The van der Waals surface area contributed by atoms with Gasteiger partial charge in [-0.1, -0.05) is 18.2 Å². The van der Waals surface area contributed by atoms with Gasteiger partial charge >= 0.3 is 0 Å². The Morgan fingerprint density at radius 3 is 2.79 bits per heavy atom. The van der Waals surface area contributed by atoms with Gasteiger partial charge in [-0.05, 0) is 43.2 Å². The average Bonchev–Trinajstić information content (AvgIpc) is 2.68. The lowest BCUT2D eigenvalue weighted by molar-refractivity contribution is -0.121. The topological polar surface area (TPSA) is 76.7 Å². The SMILES string of the molecule is CC(CC(=O)NCCc1cc(F)cc2c1OCOC2)NC(=O)c1ccccc1. The summed E-state index contributed by atoms with van der Waals surface area (Å²) in [5.41, 5.74) is 1.92. The van der Waals surface area contributed by atoms with Gasteiger partial charge in [-0.15, -0.1) is 0 Å². The Morgan fingerprint density at radius 2 is 2.00 bits per heavy atom. The summed E-state index contributed by atoms with van der Waals surface area (Å²) >= 11 is 0. The first-order valence-electron chi connectivity index (χ1n) is 9.17. The Balaban J connectivity index is 1.46. The van der Waals surface area contributed by atoms with Crippen LogP contribution in [0.1, 0.15) is 34.8 Å². The molecule has 1 atom stereocenters. The molecule has 0 aromatic heterocycles. The number of fused-ring (bicyclic) bond motifs is 1. The van der Waals surface area contributed by atoms with Crippen molar-refractivity contribution in [3.63, 3.8) is 0 Å². The van der Waals surface area contributed by atoms with Crippen molar-refractivity contribution in [2.45, 2.75) is 32.4 Å². The van der Waals surface area contributed by atoms with Crippen molar-refractivity contribution in [3.8, 4) is 5.75 Å². The molecule has 0 fully saturated rings. The first-order valence-corrected chi connectivity index (χ1v) is 9.17. The van der Waals surface area contributed by atoms with Gasteiger partial charge in [-0.2, -0.15) is 0 Å². The largest absolute Gasteiger partial charge is 0.467 e. The van der Waals surface area contributed by atoms with Gasteiger partial charge in [0.1, 0.15) is 11.6 Å². The van der Waals surface area contributed by atoms with Crippen LogP contribution in [0, 0.1) is 5.82 Å². The molecule has 1 aliphatic rings. The molecule has 0 saturated heterocycles. The fourth-order valence-corrected chi connectivity index (χ4v) is 3.08. The maximum absolute atomic E-state index is 13.7. The molecule has 0 radical (unpaired) electrons. The molecule has 28 heavy (non-hydrogen) atoms. The van der Waals surface area contributed by atoms with Crippen molar-refractivity contribution < 1.29 is 23.5 Å². The van der Waals surface area contributed by atoms with Crippen molar-refractivity contribution in [2.75, 3.05) is 13.3 Å². The van der Waals surface area contributed by atoms with Crippen LogP contribution in [0.2, 0.25) is 0 Å². The second-order valence-electron chi connectivity index (χ2n) is 6.71. The van der Waals surface area contributed by atoms with E-state index in [0.29, 0.717) is 42.0 Å². The molecule has 0 aliphatic carbocycles. The minimum absolute atomic E-state index is 0.136. The summed E-state index contributed by atoms with van der Waals surface area (Å²) in [6.07, 6.45) is 0.598.